The molecule has 28 heavy (non-hydrogen) atoms. The molecule has 5 nitrogen and oxygen atoms in total. The van der Waals surface area contributed by atoms with Crippen molar-refractivity contribution in [1.82, 2.24) is 15.0 Å². The number of aromatic nitrogens is 3. The van der Waals surface area contributed by atoms with Crippen molar-refractivity contribution in [3.8, 4) is 22.6 Å². The molecule has 1 aliphatic rings. The standard InChI is InChI=1S/C22H18N4OS/c27-16-9-12-26(13-10-16)21-19-17(15-6-2-1-3-7-15)14-28-22(19)25-20(24-21)18-8-4-5-11-23-18/h1-8,11,14H,9-10,12-13H2. The molecule has 1 aromatic carbocycles. The summed E-state index contributed by atoms with van der Waals surface area (Å²) >= 11 is 1.62. The lowest BCUT2D eigenvalue weighted by Gasteiger charge is -2.28. The van der Waals surface area contributed by atoms with Crippen LogP contribution in [-0.2, 0) is 4.79 Å². The summed E-state index contributed by atoms with van der Waals surface area (Å²) in [5.74, 6) is 1.85. The third-order valence-electron chi connectivity index (χ3n) is 5.01. The van der Waals surface area contributed by atoms with Crippen molar-refractivity contribution in [3.05, 3.63) is 60.1 Å². The molecule has 4 heterocycles. The van der Waals surface area contributed by atoms with Crippen LogP contribution in [0.4, 0.5) is 5.82 Å². The van der Waals surface area contributed by atoms with Crippen LogP contribution in [0.15, 0.2) is 60.1 Å². The predicted molar refractivity (Wildman–Crippen MR) is 113 cm³/mol. The first kappa shape index (κ1) is 17.0. The summed E-state index contributed by atoms with van der Waals surface area (Å²) in [7, 11) is 0. The number of nitrogens with zero attached hydrogens (tertiary/aromatic N) is 4. The molecule has 1 fully saturated rings. The first-order valence-electron chi connectivity index (χ1n) is 9.32. The van der Waals surface area contributed by atoms with Crippen LogP contribution in [0.25, 0.3) is 32.9 Å². The number of pyridine rings is 1. The van der Waals surface area contributed by atoms with E-state index in [0.717, 1.165) is 32.9 Å². The van der Waals surface area contributed by atoms with Crippen LogP contribution in [0, 0.1) is 0 Å². The maximum Gasteiger partial charge on any atom is 0.181 e. The Bertz CT molecular complexity index is 1130. The van der Waals surface area contributed by atoms with Crippen LogP contribution in [0.3, 0.4) is 0 Å². The summed E-state index contributed by atoms with van der Waals surface area (Å²) < 4.78 is 0. The van der Waals surface area contributed by atoms with E-state index < -0.39 is 0 Å². The van der Waals surface area contributed by atoms with E-state index in [1.165, 1.54) is 0 Å². The van der Waals surface area contributed by atoms with Gasteiger partial charge in [0.05, 0.1) is 5.39 Å². The first-order valence-corrected chi connectivity index (χ1v) is 10.2. The van der Waals surface area contributed by atoms with Crippen molar-refractivity contribution >= 4 is 33.2 Å². The largest absolute Gasteiger partial charge is 0.355 e. The molecule has 0 unspecified atom stereocenters. The molecular weight excluding hydrogens is 368 g/mol. The average molecular weight is 386 g/mol. The number of benzene rings is 1. The highest BCUT2D eigenvalue weighted by Gasteiger charge is 2.24. The van der Waals surface area contributed by atoms with Crippen molar-refractivity contribution in [2.24, 2.45) is 0 Å². The minimum absolute atomic E-state index is 0.320. The fourth-order valence-corrected chi connectivity index (χ4v) is 4.50. The Kier molecular flexibility index (Phi) is 4.33. The Labute approximate surface area is 166 Å². The van der Waals surface area contributed by atoms with Crippen LogP contribution in [0.1, 0.15) is 12.8 Å². The van der Waals surface area contributed by atoms with E-state index in [2.05, 4.69) is 27.4 Å². The second-order valence-electron chi connectivity index (χ2n) is 6.81. The number of ketones is 1. The Hall–Kier alpha value is -3.12. The number of piperidine rings is 1. The van der Waals surface area contributed by atoms with E-state index in [4.69, 9.17) is 9.97 Å². The second-order valence-corrected chi connectivity index (χ2v) is 7.67. The number of thiophene rings is 1. The predicted octanol–water partition coefficient (Wildman–Crippen LogP) is 4.59. The molecule has 5 rings (SSSR count). The van der Waals surface area contributed by atoms with Crippen LogP contribution in [-0.4, -0.2) is 33.8 Å². The van der Waals surface area contributed by atoms with Crippen LogP contribution in [0.5, 0.6) is 0 Å². The lowest BCUT2D eigenvalue weighted by Crippen LogP contribution is -2.34. The van der Waals surface area contributed by atoms with Crippen molar-refractivity contribution in [2.45, 2.75) is 12.8 Å². The highest BCUT2D eigenvalue weighted by atomic mass is 32.1. The maximum absolute atomic E-state index is 11.8. The Morgan fingerprint density at radius 1 is 0.929 bits per heavy atom. The zero-order valence-electron chi connectivity index (χ0n) is 15.2. The van der Waals surface area contributed by atoms with Gasteiger partial charge in [-0.25, -0.2) is 9.97 Å². The summed E-state index contributed by atoms with van der Waals surface area (Å²) in [4.78, 5) is 29.1. The smallest absolute Gasteiger partial charge is 0.181 e. The lowest BCUT2D eigenvalue weighted by atomic mass is 10.0. The molecule has 0 saturated carbocycles. The quantitative estimate of drug-likeness (QED) is 0.515. The van der Waals surface area contributed by atoms with E-state index in [0.29, 0.717) is 37.5 Å². The Morgan fingerprint density at radius 2 is 1.71 bits per heavy atom. The lowest BCUT2D eigenvalue weighted by molar-refractivity contribution is -0.119. The van der Waals surface area contributed by atoms with E-state index in [1.54, 1.807) is 17.5 Å². The minimum Gasteiger partial charge on any atom is -0.355 e. The fraction of sp³-hybridized carbons (Fsp3) is 0.182. The number of hydrogen-bond acceptors (Lipinski definition) is 6. The van der Waals surface area contributed by atoms with E-state index in [1.807, 2.05) is 36.4 Å². The molecule has 1 saturated heterocycles. The number of carbonyl (C=O) groups excluding carboxylic acids is 1. The van der Waals surface area contributed by atoms with E-state index in [9.17, 15) is 4.79 Å². The number of hydrogen-bond donors (Lipinski definition) is 0. The molecule has 138 valence electrons. The normalized spacial score (nSPS) is 14.6. The fourth-order valence-electron chi connectivity index (χ4n) is 3.56. The van der Waals surface area contributed by atoms with Gasteiger partial charge in [-0.15, -0.1) is 11.3 Å². The highest BCUT2D eigenvalue weighted by molar-refractivity contribution is 7.17. The molecule has 0 spiro atoms. The summed E-state index contributed by atoms with van der Waals surface area (Å²) in [6.07, 6.45) is 2.89. The SMILES string of the molecule is O=C1CCN(c2nc(-c3ccccn3)nc3scc(-c4ccccc4)c23)CC1. The zero-order chi connectivity index (χ0) is 18.9. The number of Topliss-reactive ketones (excluding diaryl/α,β-unsaturated/α-hetero) is 1. The van der Waals surface area contributed by atoms with Gasteiger partial charge < -0.3 is 4.90 Å². The summed E-state index contributed by atoms with van der Waals surface area (Å²) in [5.41, 5.74) is 3.05. The Balaban J connectivity index is 1.72. The van der Waals surface area contributed by atoms with Crippen LogP contribution in [0.2, 0.25) is 0 Å². The number of carbonyl (C=O) groups is 1. The topological polar surface area (TPSA) is 59.0 Å². The van der Waals surface area contributed by atoms with Gasteiger partial charge in [0.25, 0.3) is 0 Å². The third-order valence-corrected chi connectivity index (χ3v) is 5.89. The molecular formula is C22H18N4OS. The number of rotatable bonds is 3. The zero-order valence-corrected chi connectivity index (χ0v) is 16.0. The molecule has 0 bridgehead atoms. The number of fused-ring (bicyclic) bond motifs is 1. The van der Waals surface area contributed by atoms with E-state index in [-0.39, 0.29) is 0 Å². The molecule has 6 heteroatoms. The van der Waals surface area contributed by atoms with Gasteiger partial charge in [0, 0.05) is 43.1 Å². The van der Waals surface area contributed by atoms with Gasteiger partial charge in [-0.3, -0.25) is 9.78 Å². The first-order chi connectivity index (χ1) is 13.8. The molecule has 0 radical (unpaired) electrons. The molecule has 0 N–H and O–H groups in total. The van der Waals surface area contributed by atoms with Crippen LogP contribution >= 0.6 is 11.3 Å². The molecule has 3 aromatic heterocycles. The van der Waals surface area contributed by atoms with Crippen molar-refractivity contribution < 1.29 is 4.79 Å². The summed E-state index contributed by atoms with van der Waals surface area (Å²) in [6, 6.07) is 16.1. The van der Waals surface area contributed by atoms with Gasteiger partial charge in [0.2, 0.25) is 0 Å². The van der Waals surface area contributed by atoms with E-state index >= 15 is 0 Å². The number of anilines is 1. The molecule has 1 aliphatic heterocycles. The second kappa shape index (κ2) is 7.13. The Morgan fingerprint density at radius 3 is 2.46 bits per heavy atom. The van der Waals surface area contributed by atoms with Gasteiger partial charge in [0.1, 0.15) is 22.1 Å². The molecule has 0 atom stereocenters. The van der Waals surface area contributed by atoms with Gasteiger partial charge in [0.15, 0.2) is 5.82 Å². The monoisotopic (exact) mass is 386 g/mol. The minimum atomic E-state index is 0.320. The maximum atomic E-state index is 11.8. The molecule has 4 aromatic rings. The van der Waals surface area contributed by atoms with Gasteiger partial charge in [-0.2, -0.15) is 0 Å². The van der Waals surface area contributed by atoms with Crippen molar-refractivity contribution in [1.29, 1.82) is 0 Å². The average Bonchev–Trinajstić information content (AvgIpc) is 3.19. The van der Waals surface area contributed by atoms with Crippen molar-refractivity contribution in [3.63, 3.8) is 0 Å². The summed E-state index contributed by atoms with van der Waals surface area (Å²) in [5, 5.41) is 3.21. The van der Waals surface area contributed by atoms with Gasteiger partial charge in [-0.1, -0.05) is 36.4 Å². The van der Waals surface area contributed by atoms with Crippen LogP contribution < -0.4 is 4.90 Å². The third kappa shape index (κ3) is 3.05. The molecule has 0 amide bonds. The van der Waals surface area contributed by atoms with Gasteiger partial charge >= 0.3 is 0 Å². The summed E-state index contributed by atoms with van der Waals surface area (Å²) in [6.45, 7) is 1.38. The molecule has 0 aliphatic carbocycles. The van der Waals surface area contributed by atoms with Gasteiger partial charge in [-0.05, 0) is 17.7 Å². The van der Waals surface area contributed by atoms with Crippen molar-refractivity contribution in [2.75, 3.05) is 18.0 Å². The highest BCUT2D eigenvalue weighted by Crippen LogP contribution is 2.39.